The van der Waals surface area contributed by atoms with Gasteiger partial charge in [-0.25, -0.2) is 0 Å². The molecule has 0 spiro atoms. The fraction of sp³-hybridized carbons (Fsp3) is 0.0909. The van der Waals surface area contributed by atoms with E-state index in [2.05, 4.69) is 49.4 Å². The van der Waals surface area contributed by atoms with Crippen molar-refractivity contribution in [3.05, 3.63) is 48.0 Å². The van der Waals surface area contributed by atoms with Gasteiger partial charge in [0.15, 0.2) is 0 Å². The maximum absolute atomic E-state index is 2.20. The Morgan fingerprint density at radius 2 is 1.50 bits per heavy atom. The Morgan fingerprint density at radius 3 is 2.25 bits per heavy atom. The molecule has 2 rings (SSSR count). The minimum absolute atomic E-state index is 0. The summed E-state index contributed by atoms with van der Waals surface area (Å²) in [6.07, 6.45) is 0. The van der Waals surface area contributed by atoms with Gasteiger partial charge in [-0.1, -0.05) is 48.0 Å². The molecule has 0 unspecified atom stereocenters. The molecule has 2 aromatic rings. The Hall–Kier alpha value is -0.677. The number of benzene rings is 2. The van der Waals surface area contributed by atoms with Gasteiger partial charge in [0, 0.05) is 19.5 Å². The normalized spacial score (nSPS) is 9.42. The van der Waals surface area contributed by atoms with Gasteiger partial charge < -0.3 is 0 Å². The topological polar surface area (TPSA) is 0 Å². The maximum atomic E-state index is 2.20. The molecule has 0 aliphatic heterocycles. The van der Waals surface area contributed by atoms with E-state index >= 15 is 0 Å². The summed E-state index contributed by atoms with van der Waals surface area (Å²) in [5, 5.41) is 2.64. The Bertz CT molecular complexity index is 379. The van der Waals surface area contributed by atoms with E-state index in [1.807, 2.05) is 0 Å². The Labute approximate surface area is 85.4 Å². The van der Waals surface area contributed by atoms with Crippen molar-refractivity contribution < 1.29 is 19.5 Å². The molecule has 0 saturated heterocycles. The fourth-order valence-electron chi connectivity index (χ4n) is 1.31. The van der Waals surface area contributed by atoms with Crippen molar-refractivity contribution in [1.82, 2.24) is 0 Å². The van der Waals surface area contributed by atoms with E-state index in [9.17, 15) is 0 Å². The zero-order valence-corrected chi connectivity index (χ0v) is 10.2. The summed E-state index contributed by atoms with van der Waals surface area (Å²) in [5.41, 5.74) is 1.32. The average molecular weight is 208 g/mol. The number of rotatable bonds is 0. The van der Waals surface area contributed by atoms with E-state index in [1.54, 1.807) is 0 Å². The zero-order chi connectivity index (χ0) is 7.68. The van der Waals surface area contributed by atoms with Gasteiger partial charge in [0.2, 0.25) is 0 Å². The molecule has 2 aromatic carbocycles. The van der Waals surface area contributed by atoms with Crippen LogP contribution in [0.5, 0.6) is 0 Å². The quantitative estimate of drug-likeness (QED) is 0.582. The summed E-state index contributed by atoms with van der Waals surface area (Å²) in [5.74, 6) is 0. The molecule has 12 heavy (non-hydrogen) atoms. The summed E-state index contributed by atoms with van der Waals surface area (Å²) in [6.45, 7) is 2.12. The van der Waals surface area contributed by atoms with E-state index in [0.717, 1.165) is 0 Å². The molecule has 0 radical (unpaired) electrons. The van der Waals surface area contributed by atoms with Crippen LogP contribution in [0.3, 0.4) is 0 Å². The van der Waals surface area contributed by atoms with E-state index in [0.29, 0.717) is 0 Å². The van der Waals surface area contributed by atoms with Crippen LogP contribution in [-0.2, 0) is 19.5 Å². The summed E-state index contributed by atoms with van der Waals surface area (Å²) in [4.78, 5) is 0. The molecule has 0 aliphatic carbocycles. The van der Waals surface area contributed by atoms with Gasteiger partial charge in [0.1, 0.15) is 0 Å². The smallest absolute Gasteiger partial charge is 0 e. The van der Waals surface area contributed by atoms with Crippen molar-refractivity contribution in [3.63, 3.8) is 0 Å². The average Bonchev–Trinajstić information content (AvgIpc) is 2.04. The van der Waals surface area contributed by atoms with Crippen LogP contribution in [-0.4, -0.2) is 0 Å². The van der Waals surface area contributed by atoms with Crippen LogP contribution < -0.4 is 0 Å². The van der Waals surface area contributed by atoms with Gasteiger partial charge in [-0.3, -0.25) is 0 Å². The third-order valence-electron chi connectivity index (χ3n) is 1.90. The van der Waals surface area contributed by atoms with E-state index in [-0.39, 0.29) is 19.5 Å². The van der Waals surface area contributed by atoms with Crippen molar-refractivity contribution in [2.75, 3.05) is 0 Å². The van der Waals surface area contributed by atoms with Gasteiger partial charge in [0.25, 0.3) is 0 Å². The summed E-state index contributed by atoms with van der Waals surface area (Å²) >= 11 is 0. The van der Waals surface area contributed by atoms with E-state index in [1.165, 1.54) is 16.3 Å². The summed E-state index contributed by atoms with van der Waals surface area (Å²) in [6, 6.07) is 14.9. The molecule has 0 nitrogen and oxygen atoms in total. The second-order valence-electron chi connectivity index (χ2n) is 2.85. The predicted molar refractivity (Wildman–Crippen MR) is 48.7 cm³/mol. The standard InChI is InChI=1S/C11H10.Zn/c1-9-6-7-10-4-2-3-5-11(10)8-9;/h2-8H,1H3;. The summed E-state index contributed by atoms with van der Waals surface area (Å²) in [7, 11) is 0. The minimum Gasteiger partial charge on any atom is -0.0616 e. The molecule has 0 saturated carbocycles. The molecule has 0 amide bonds. The largest absolute Gasteiger partial charge is 0.0616 e. The zero-order valence-electron chi connectivity index (χ0n) is 7.25. The fourth-order valence-corrected chi connectivity index (χ4v) is 1.31. The van der Waals surface area contributed by atoms with Crippen LogP contribution in [0.4, 0.5) is 0 Å². The van der Waals surface area contributed by atoms with Gasteiger partial charge in [-0.15, -0.1) is 0 Å². The molecule has 1 heteroatoms. The minimum atomic E-state index is 0. The third-order valence-corrected chi connectivity index (χ3v) is 1.90. The number of hydrogen-bond acceptors (Lipinski definition) is 0. The van der Waals surface area contributed by atoms with Gasteiger partial charge >= 0.3 is 0 Å². The molecule has 56 valence electrons. The van der Waals surface area contributed by atoms with Gasteiger partial charge in [0.05, 0.1) is 0 Å². The molecule has 0 aliphatic rings. The van der Waals surface area contributed by atoms with Crippen molar-refractivity contribution in [1.29, 1.82) is 0 Å². The number of aryl methyl sites for hydroxylation is 1. The first-order valence-electron chi connectivity index (χ1n) is 3.82. The molecule has 0 N–H and O–H groups in total. The van der Waals surface area contributed by atoms with Crippen molar-refractivity contribution >= 4 is 10.8 Å². The van der Waals surface area contributed by atoms with Crippen molar-refractivity contribution in [2.24, 2.45) is 0 Å². The SMILES string of the molecule is Cc1ccc2ccccc2c1.[Zn]. The van der Waals surface area contributed by atoms with Crippen molar-refractivity contribution in [2.45, 2.75) is 6.92 Å². The molecular formula is C11H10Zn. The van der Waals surface area contributed by atoms with E-state index in [4.69, 9.17) is 0 Å². The van der Waals surface area contributed by atoms with E-state index < -0.39 is 0 Å². The second-order valence-corrected chi connectivity index (χ2v) is 2.85. The molecule has 0 aromatic heterocycles. The first kappa shape index (κ1) is 9.41. The maximum Gasteiger partial charge on any atom is 0 e. The number of hydrogen-bond donors (Lipinski definition) is 0. The van der Waals surface area contributed by atoms with Crippen LogP contribution in [0.2, 0.25) is 0 Å². The predicted octanol–water partition coefficient (Wildman–Crippen LogP) is 3.15. The van der Waals surface area contributed by atoms with Gasteiger partial charge in [-0.2, -0.15) is 0 Å². The molecule has 0 fully saturated rings. The monoisotopic (exact) mass is 206 g/mol. The van der Waals surface area contributed by atoms with Crippen LogP contribution >= 0.6 is 0 Å². The number of fused-ring (bicyclic) bond motifs is 1. The third kappa shape index (κ3) is 1.73. The molecule has 0 heterocycles. The van der Waals surface area contributed by atoms with Crippen LogP contribution in [0.15, 0.2) is 42.5 Å². The van der Waals surface area contributed by atoms with Crippen molar-refractivity contribution in [3.8, 4) is 0 Å². The first-order valence-corrected chi connectivity index (χ1v) is 3.82. The molecule has 0 bridgehead atoms. The summed E-state index contributed by atoms with van der Waals surface area (Å²) < 4.78 is 0. The Morgan fingerprint density at radius 1 is 0.833 bits per heavy atom. The molecule has 0 atom stereocenters. The van der Waals surface area contributed by atoms with Crippen LogP contribution in [0, 0.1) is 6.92 Å². The Kier molecular flexibility index (Phi) is 3.00. The first-order chi connectivity index (χ1) is 5.36. The second kappa shape index (κ2) is 3.82. The van der Waals surface area contributed by atoms with Crippen LogP contribution in [0.25, 0.3) is 10.8 Å². The Balaban J connectivity index is 0.000000720. The van der Waals surface area contributed by atoms with Crippen LogP contribution in [0.1, 0.15) is 5.56 Å². The molecular weight excluding hydrogens is 198 g/mol. The van der Waals surface area contributed by atoms with Gasteiger partial charge in [-0.05, 0) is 17.7 Å².